The summed E-state index contributed by atoms with van der Waals surface area (Å²) in [5, 5.41) is 10.0. The summed E-state index contributed by atoms with van der Waals surface area (Å²) >= 11 is 7.75. The van der Waals surface area contributed by atoms with Gasteiger partial charge in [-0.25, -0.2) is 0 Å². The maximum absolute atomic E-state index is 5.92. The molecule has 114 valence electrons. The van der Waals surface area contributed by atoms with Gasteiger partial charge in [-0.15, -0.1) is 11.8 Å². The molecule has 0 aliphatic rings. The molecule has 0 fully saturated rings. The van der Waals surface area contributed by atoms with Crippen LogP contribution in [0.25, 0.3) is 0 Å². The minimum absolute atomic E-state index is 0.782. The largest absolute Gasteiger partial charge is 0.313 e. The zero-order valence-corrected chi connectivity index (χ0v) is 14.4. The maximum atomic E-state index is 5.92. The molecule has 1 aromatic heterocycles. The summed E-state index contributed by atoms with van der Waals surface area (Å²) in [6.07, 6.45) is 1.15. The Bertz CT molecular complexity index is 578. The monoisotopic (exact) mass is 323 g/mol. The second-order valence-electron chi connectivity index (χ2n) is 5.08. The lowest BCUT2D eigenvalue weighted by Crippen LogP contribution is -2.14. The number of benzene rings is 1. The summed E-state index contributed by atoms with van der Waals surface area (Å²) in [6, 6.07) is 8.03. The van der Waals surface area contributed by atoms with E-state index in [0.717, 1.165) is 36.0 Å². The molecule has 1 N–H and O–H groups in total. The second-order valence-corrected chi connectivity index (χ2v) is 6.49. The number of nitrogens with one attached hydrogen (secondary N) is 1. The highest BCUT2D eigenvalue weighted by molar-refractivity contribution is 7.98. The second kappa shape index (κ2) is 7.87. The smallest absolute Gasteiger partial charge is 0.0987 e. The number of halogens is 1. The Morgan fingerprint density at radius 1 is 1.29 bits per heavy atom. The lowest BCUT2D eigenvalue weighted by Gasteiger charge is -2.08. The highest BCUT2D eigenvalue weighted by atomic mass is 35.5. The summed E-state index contributed by atoms with van der Waals surface area (Å²) < 4.78 is 1.98. The Kier molecular flexibility index (Phi) is 6.15. The number of rotatable bonds is 7. The fourth-order valence-electron chi connectivity index (χ4n) is 2.19. The van der Waals surface area contributed by atoms with Gasteiger partial charge in [0.1, 0.15) is 0 Å². The van der Waals surface area contributed by atoms with E-state index in [0.29, 0.717) is 0 Å². The lowest BCUT2D eigenvalue weighted by molar-refractivity contribution is 0.653. The van der Waals surface area contributed by atoms with E-state index >= 15 is 0 Å². The van der Waals surface area contributed by atoms with Gasteiger partial charge in [-0.3, -0.25) is 4.68 Å². The van der Waals surface area contributed by atoms with Crippen LogP contribution in [-0.4, -0.2) is 16.3 Å². The molecule has 0 aliphatic carbocycles. The van der Waals surface area contributed by atoms with Crippen molar-refractivity contribution >= 4 is 23.4 Å². The van der Waals surface area contributed by atoms with Crippen LogP contribution in [0.15, 0.2) is 29.3 Å². The van der Waals surface area contributed by atoms with Crippen LogP contribution in [0.5, 0.6) is 0 Å². The van der Waals surface area contributed by atoms with Gasteiger partial charge >= 0.3 is 0 Å². The van der Waals surface area contributed by atoms with Crippen LogP contribution >= 0.6 is 23.4 Å². The predicted molar refractivity (Wildman–Crippen MR) is 91.0 cm³/mol. The Morgan fingerprint density at radius 3 is 2.67 bits per heavy atom. The number of aryl methyl sites for hydroxylation is 2. The van der Waals surface area contributed by atoms with Crippen molar-refractivity contribution in [3.05, 3.63) is 46.1 Å². The molecule has 0 bridgehead atoms. The SMILES string of the molecule is CCCNCc1c(C)nn(C)c1SCc1ccc(Cl)cc1. The molecule has 0 spiro atoms. The first-order chi connectivity index (χ1) is 10.1. The van der Waals surface area contributed by atoms with Gasteiger partial charge in [0.2, 0.25) is 0 Å². The molecule has 2 rings (SSSR count). The minimum atomic E-state index is 0.782. The number of hydrogen-bond acceptors (Lipinski definition) is 3. The topological polar surface area (TPSA) is 29.9 Å². The van der Waals surface area contributed by atoms with Crippen LogP contribution in [0, 0.1) is 6.92 Å². The van der Waals surface area contributed by atoms with Crippen molar-refractivity contribution in [3.63, 3.8) is 0 Å². The van der Waals surface area contributed by atoms with Crippen LogP contribution in [-0.2, 0) is 19.3 Å². The number of hydrogen-bond donors (Lipinski definition) is 1. The molecule has 0 radical (unpaired) electrons. The van der Waals surface area contributed by atoms with Gasteiger partial charge < -0.3 is 5.32 Å². The number of nitrogens with zero attached hydrogens (tertiary/aromatic N) is 2. The molecule has 0 saturated carbocycles. The van der Waals surface area contributed by atoms with E-state index in [1.54, 1.807) is 0 Å². The lowest BCUT2D eigenvalue weighted by atomic mass is 10.2. The fourth-order valence-corrected chi connectivity index (χ4v) is 3.43. The normalized spacial score (nSPS) is 11.0. The average Bonchev–Trinajstić information content (AvgIpc) is 2.73. The van der Waals surface area contributed by atoms with Crippen molar-refractivity contribution in [2.45, 2.75) is 37.6 Å². The molecule has 21 heavy (non-hydrogen) atoms. The van der Waals surface area contributed by atoms with E-state index in [9.17, 15) is 0 Å². The van der Waals surface area contributed by atoms with Crippen LogP contribution in [0.3, 0.4) is 0 Å². The summed E-state index contributed by atoms with van der Waals surface area (Å²) in [5.74, 6) is 0.928. The third kappa shape index (κ3) is 4.50. The zero-order valence-electron chi connectivity index (χ0n) is 12.8. The van der Waals surface area contributed by atoms with Crippen LogP contribution in [0.2, 0.25) is 5.02 Å². The molecule has 1 aromatic carbocycles. The molecule has 1 heterocycles. The first kappa shape index (κ1) is 16.4. The molecule has 0 atom stereocenters. The predicted octanol–water partition coefficient (Wildman–Crippen LogP) is 4.17. The molecule has 2 aromatic rings. The van der Waals surface area contributed by atoms with Crippen molar-refractivity contribution in [3.8, 4) is 0 Å². The van der Waals surface area contributed by atoms with E-state index < -0.39 is 0 Å². The van der Waals surface area contributed by atoms with Crippen molar-refractivity contribution < 1.29 is 0 Å². The Labute approximate surface area is 136 Å². The van der Waals surface area contributed by atoms with Gasteiger partial charge in [0, 0.05) is 29.9 Å². The van der Waals surface area contributed by atoms with E-state index in [1.807, 2.05) is 35.6 Å². The summed E-state index contributed by atoms with van der Waals surface area (Å²) in [7, 11) is 2.01. The molecular formula is C16H22ClN3S. The van der Waals surface area contributed by atoms with Gasteiger partial charge in [-0.05, 0) is 37.6 Å². The van der Waals surface area contributed by atoms with Crippen molar-refractivity contribution in [2.75, 3.05) is 6.54 Å². The quantitative estimate of drug-likeness (QED) is 0.612. The molecular weight excluding hydrogens is 302 g/mol. The Morgan fingerprint density at radius 2 is 2.00 bits per heavy atom. The summed E-state index contributed by atoms with van der Waals surface area (Å²) in [4.78, 5) is 0. The molecule has 5 heteroatoms. The Hall–Kier alpha value is -0.970. The van der Waals surface area contributed by atoms with Crippen LogP contribution in [0.4, 0.5) is 0 Å². The number of aromatic nitrogens is 2. The van der Waals surface area contributed by atoms with Crippen LogP contribution in [0.1, 0.15) is 30.2 Å². The molecule has 3 nitrogen and oxygen atoms in total. The minimum Gasteiger partial charge on any atom is -0.313 e. The third-order valence-electron chi connectivity index (χ3n) is 3.31. The zero-order chi connectivity index (χ0) is 15.2. The van der Waals surface area contributed by atoms with Gasteiger partial charge in [-0.2, -0.15) is 5.10 Å². The average molecular weight is 324 g/mol. The van der Waals surface area contributed by atoms with E-state index in [1.165, 1.54) is 16.2 Å². The van der Waals surface area contributed by atoms with Gasteiger partial charge in [0.15, 0.2) is 0 Å². The summed E-state index contributed by atoms with van der Waals surface area (Å²) in [5.41, 5.74) is 3.69. The van der Waals surface area contributed by atoms with Gasteiger partial charge in [-0.1, -0.05) is 30.7 Å². The molecule has 0 amide bonds. The van der Waals surface area contributed by atoms with E-state index in [2.05, 4.69) is 36.4 Å². The maximum Gasteiger partial charge on any atom is 0.0987 e. The highest BCUT2D eigenvalue weighted by Gasteiger charge is 2.13. The molecule has 0 unspecified atom stereocenters. The van der Waals surface area contributed by atoms with Crippen LogP contribution < -0.4 is 5.32 Å². The first-order valence-corrected chi connectivity index (χ1v) is 8.58. The van der Waals surface area contributed by atoms with Gasteiger partial charge in [0.25, 0.3) is 0 Å². The van der Waals surface area contributed by atoms with Gasteiger partial charge in [0.05, 0.1) is 10.7 Å². The van der Waals surface area contributed by atoms with E-state index in [-0.39, 0.29) is 0 Å². The van der Waals surface area contributed by atoms with Crippen molar-refractivity contribution in [1.29, 1.82) is 0 Å². The van der Waals surface area contributed by atoms with E-state index in [4.69, 9.17) is 11.6 Å². The standard InChI is InChI=1S/C16H22ClN3S/c1-4-9-18-10-15-12(2)19-20(3)16(15)21-11-13-5-7-14(17)8-6-13/h5-8,18H,4,9-11H2,1-3H3. The molecule has 0 aliphatic heterocycles. The summed E-state index contributed by atoms with van der Waals surface area (Å²) in [6.45, 7) is 6.18. The van der Waals surface area contributed by atoms with Crippen molar-refractivity contribution in [2.24, 2.45) is 7.05 Å². The van der Waals surface area contributed by atoms with Crippen molar-refractivity contribution in [1.82, 2.24) is 15.1 Å². The first-order valence-electron chi connectivity index (χ1n) is 7.22. The molecule has 0 saturated heterocycles. The fraction of sp³-hybridized carbons (Fsp3) is 0.438. The number of thioether (sulfide) groups is 1. The highest BCUT2D eigenvalue weighted by Crippen LogP contribution is 2.28. The Balaban J connectivity index is 2.06. The third-order valence-corrected chi connectivity index (χ3v) is 4.82.